The fourth-order valence-electron chi connectivity index (χ4n) is 3.38. The van der Waals surface area contributed by atoms with Gasteiger partial charge in [0, 0.05) is 19.2 Å². The van der Waals surface area contributed by atoms with Gasteiger partial charge in [-0.1, -0.05) is 6.07 Å². The van der Waals surface area contributed by atoms with E-state index in [1.165, 1.54) is 18.2 Å². The number of alkyl halides is 3. The predicted octanol–water partition coefficient (Wildman–Crippen LogP) is 3.73. The standard InChI is InChI=1S/C20H16F3N3O3S/c21-20(22,23)12-4-3-5-13(10-12)26-18(28)15(17(27)24-19(26)30)11-14-6-7-16(29-14)25-8-1-2-9-25/h3-7,10-11H,1-2,8-9H2,(H,24,27,30)/b15-11+. The van der Waals surface area contributed by atoms with Gasteiger partial charge >= 0.3 is 6.18 Å². The number of furan rings is 1. The molecule has 30 heavy (non-hydrogen) atoms. The highest BCUT2D eigenvalue weighted by molar-refractivity contribution is 7.80. The third-order valence-electron chi connectivity index (χ3n) is 4.85. The van der Waals surface area contributed by atoms with Gasteiger partial charge in [-0.05, 0) is 55.4 Å². The van der Waals surface area contributed by atoms with E-state index in [1.54, 1.807) is 12.1 Å². The van der Waals surface area contributed by atoms with Crippen molar-refractivity contribution < 1.29 is 27.2 Å². The van der Waals surface area contributed by atoms with Crippen LogP contribution in [-0.2, 0) is 15.8 Å². The highest BCUT2D eigenvalue weighted by atomic mass is 32.1. The Morgan fingerprint density at radius 1 is 1.10 bits per heavy atom. The van der Waals surface area contributed by atoms with Crippen molar-refractivity contribution in [3.63, 3.8) is 0 Å². The molecular weight excluding hydrogens is 419 g/mol. The Balaban J connectivity index is 1.65. The molecule has 2 amide bonds. The number of carbonyl (C=O) groups excluding carboxylic acids is 2. The van der Waals surface area contributed by atoms with Crippen molar-refractivity contribution >= 4 is 46.8 Å². The molecule has 2 fully saturated rings. The van der Waals surface area contributed by atoms with E-state index in [0.29, 0.717) is 5.88 Å². The molecule has 4 rings (SSSR count). The van der Waals surface area contributed by atoms with Gasteiger partial charge in [0.15, 0.2) is 11.0 Å². The van der Waals surface area contributed by atoms with Gasteiger partial charge in [-0.3, -0.25) is 19.8 Å². The zero-order valence-electron chi connectivity index (χ0n) is 15.5. The van der Waals surface area contributed by atoms with E-state index in [4.69, 9.17) is 16.6 Å². The summed E-state index contributed by atoms with van der Waals surface area (Å²) >= 11 is 5.03. The second-order valence-electron chi connectivity index (χ2n) is 6.88. The van der Waals surface area contributed by atoms with Crippen LogP contribution >= 0.6 is 12.2 Å². The van der Waals surface area contributed by atoms with Crippen molar-refractivity contribution in [1.82, 2.24) is 5.32 Å². The zero-order valence-corrected chi connectivity index (χ0v) is 16.3. The summed E-state index contributed by atoms with van der Waals surface area (Å²) in [6.45, 7) is 1.72. The molecule has 156 valence electrons. The molecule has 2 aliphatic rings. The lowest BCUT2D eigenvalue weighted by molar-refractivity contribution is -0.137. The van der Waals surface area contributed by atoms with Gasteiger partial charge in [0.1, 0.15) is 11.3 Å². The van der Waals surface area contributed by atoms with Crippen LogP contribution < -0.4 is 15.1 Å². The number of hydrogen-bond donors (Lipinski definition) is 1. The minimum atomic E-state index is -4.58. The van der Waals surface area contributed by atoms with Crippen molar-refractivity contribution in [3.8, 4) is 0 Å². The lowest BCUT2D eigenvalue weighted by Crippen LogP contribution is -2.54. The molecule has 0 radical (unpaired) electrons. The Kier molecular flexibility index (Phi) is 5.10. The Hall–Kier alpha value is -3.14. The Labute approximate surface area is 174 Å². The van der Waals surface area contributed by atoms with E-state index in [9.17, 15) is 22.8 Å². The summed E-state index contributed by atoms with van der Waals surface area (Å²) in [5.74, 6) is -0.657. The maximum absolute atomic E-state index is 13.1. The highest BCUT2D eigenvalue weighted by Gasteiger charge is 2.37. The molecule has 0 aliphatic carbocycles. The van der Waals surface area contributed by atoms with Gasteiger partial charge in [0.05, 0.1) is 11.3 Å². The molecule has 3 heterocycles. The summed E-state index contributed by atoms with van der Waals surface area (Å²) in [7, 11) is 0. The molecule has 1 aromatic carbocycles. The molecule has 6 nitrogen and oxygen atoms in total. The molecule has 0 spiro atoms. The summed E-state index contributed by atoms with van der Waals surface area (Å²) in [5, 5.41) is 2.05. The first-order valence-electron chi connectivity index (χ1n) is 9.17. The largest absolute Gasteiger partial charge is 0.441 e. The number of carbonyl (C=O) groups is 2. The smallest absolute Gasteiger partial charge is 0.416 e. The Morgan fingerprint density at radius 3 is 2.53 bits per heavy atom. The van der Waals surface area contributed by atoms with Crippen LogP contribution in [0.5, 0.6) is 0 Å². The van der Waals surface area contributed by atoms with Crippen molar-refractivity contribution in [1.29, 1.82) is 0 Å². The first-order chi connectivity index (χ1) is 14.2. The third kappa shape index (κ3) is 3.82. The van der Waals surface area contributed by atoms with Crippen LogP contribution in [0.25, 0.3) is 6.08 Å². The summed E-state index contributed by atoms with van der Waals surface area (Å²) in [6.07, 6.45) is -1.21. The predicted molar refractivity (Wildman–Crippen MR) is 108 cm³/mol. The van der Waals surface area contributed by atoms with E-state index in [1.807, 2.05) is 0 Å². The molecule has 0 bridgehead atoms. The molecular formula is C20H16F3N3O3S. The van der Waals surface area contributed by atoms with Crippen molar-refractivity contribution in [2.75, 3.05) is 22.9 Å². The van der Waals surface area contributed by atoms with Crippen LogP contribution in [0.4, 0.5) is 24.7 Å². The van der Waals surface area contributed by atoms with E-state index >= 15 is 0 Å². The summed E-state index contributed by atoms with van der Waals surface area (Å²) in [4.78, 5) is 28.2. The number of benzene rings is 1. The number of thiocarbonyl (C=S) groups is 1. The first-order valence-corrected chi connectivity index (χ1v) is 9.58. The van der Waals surface area contributed by atoms with E-state index in [2.05, 4.69) is 10.2 Å². The van der Waals surface area contributed by atoms with Gasteiger partial charge in [-0.25, -0.2) is 0 Å². The second-order valence-corrected chi connectivity index (χ2v) is 7.26. The van der Waals surface area contributed by atoms with Crippen LogP contribution in [0.15, 0.2) is 46.4 Å². The van der Waals surface area contributed by atoms with Gasteiger partial charge in [0.25, 0.3) is 11.8 Å². The number of nitrogens with one attached hydrogen (secondary N) is 1. The Bertz CT molecular complexity index is 1050. The molecule has 0 atom stereocenters. The van der Waals surface area contributed by atoms with Crippen molar-refractivity contribution in [2.45, 2.75) is 19.0 Å². The lowest BCUT2D eigenvalue weighted by Gasteiger charge is -2.29. The monoisotopic (exact) mass is 435 g/mol. The van der Waals surface area contributed by atoms with E-state index in [0.717, 1.165) is 43.0 Å². The molecule has 2 aromatic rings. The average Bonchev–Trinajstić information content (AvgIpc) is 3.36. The van der Waals surface area contributed by atoms with Gasteiger partial charge in [-0.15, -0.1) is 0 Å². The molecule has 1 aromatic heterocycles. The third-order valence-corrected chi connectivity index (χ3v) is 5.13. The maximum atomic E-state index is 13.1. The number of hydrogen-bond acceptors (Lipinski definition) is 5. The number of amides is 2. The van der Waals surface area contributed by atoms with Gasteiger partial charge < -0.3 is 9.32 Å². The van der Waals surface area contributed by atoms with Crippen molar-refractivity contribution in [3.05, 3.63) is 53.3 Å². The molecule has 0 saturated carbocycles. The zero-order chi connectivity index (χ0) is 21.5. The fourth-order valence-corrected chi connectivity index (χ4v) is 3.66. The topological polar surface area (TPSA) is 65.8 Å². The minimum Gasteiger partial charge on any atom is -0.441 e. The normalized spacial score (nSPS) is 19.0. The van der Waals surface area contributed by atoms with E-state index in [-0.39, 0.29) is 22.1 Å². The van der Waals surface area contributed by atoms with Crippen LogP contribution in [0, 0.1) is 0 Å². The molecule has 0 unspecified atom stereocenters. The van der Waals surface area contributed by atoms with Crippen LogP contribution in [0.2, 0.25) is 0 Å². The Morgan fingerprint density at radius 2 is 1.83 bits per heavy atom. The average molecular weight is 435 g/mol. The number of anilines is 2. The van der Waals surface area contributed by atoms with Crippen LogP contribution in [0.3, 0.4) is 0 Å². The first kappa shape index (κ1) is 20.1. The van der Waals surface area contributed by atoms with Crippen LogP contribution in [0.1, 0.15) is 24.2 Å². The SMILES string of the molecule is O=C1NC(=S)N(c2cccc(C(F)(F)F)c2)C(=O)/C1=C/c1ccc(N2CCCC2)o1. The number of halogens is 3. The molecule has 2 saturated heterocycles. The highest BCUT2D eigenvalue weighted by Crippen LogP contribution is 2.33. The van der Waals surface area contributed by atoms with Gasteiger partial charge in [-0.2, -0.15) is 13.2 Å². The maximum Gasteiger partial charge on any atom is 0.416 e. The second kappa shape index (κ2) is 7.60. The van der Waals surface area contributed by atoms with Crippen molar-refractivity contribution in [2.24, 2.45) is 0 Å². The summed E-state index contributed by atoms with van der Waals surface area (Å²) in [5.41, 5.74) is -1.31. The van der Waals surface area contributed by atoms with Crippen LogP contribution in [-0.4, -0.2) is 30.0 Å². The van der Waals surface area contributed by atoms with Gasteiger partial charge in [0.2, 0.25) is 0 Å². The lowest BCUT2D eigenvalue weighted by atomic mass is 10.1. The number of rotatable bonds is 3. The molecule has 1 N–H and O–H groups in total. The number of nitrogens with zero attached hydrogens (tertiary/aromatic N) is 2. The fraction of sp³-hybridized carbons (Fsp3) is 0.250. The summed E-state index contributed by atoms with van der Waals surface area (Å²) < 4.78 is 44.9. The summed E-state index contributed by atoms with van der Waals surface area (Å²) in [6, 6.07) is 7.55. The molecule has 10 heteroatoms. The molecule has 2 aliphatic heterocycles. The van der Waals surface area contributed by atoms with E-state index < -0.39 is 23.6 Å². The quantitative estimate of drug-likeness (QED) is 0.452. The minimum absolute atomic E-state index is 0.0945.